The van der Waals surface area contributed by atoms with Crippen molar-refractivity contribution in [1.82, 2.24) is 10.3 Å². The van der Waals surface area contributed by atoms with E-state index in [1.54, 1.807) is 30.5 Å². The molecule has 0 spiro atoms. The van der Waals surface area contributed by atoms with Gasteiger partial charge in [-0.3, -0.25) is 9.78 Å². The Morgan fingerprint density at radius 2 is 1.84 bits per heavy atom. The van der Waals surface area contributed by atoms with Crippen molar-refractivity contribution in [3.8, 4) is 0 Å². The van der Waals surface area contributed by atoms with E-state index in [1.165, 1.54) is 0 Å². The molecule has 0 saturated carbocycles. The van der Waals surface area contributed by atoms with Crippen LogP contribution in [0.25, 0.3) is 0 Å². The molecule has 32 heavy (non-hydrogen) atoms. The standard InChI is InChI=1S/C24H25N5O3/c25-21-6-1-2-7-22(21)28-23(30)17-8-10-19(11-9-17)29-14-12-20(16-29)32-24(31)27-15-18-5-3-4-13-26-18/h1-11,13,20H,12,14-16,25H2,(H,27,31)(H,28,30)/t20-/m0/s1. The molecule has 0 aliphatic carbocycles. The Balaban J connectivity index is 1.27. The minimum Gasteiger partial charge on any atom is -0.444 e. The number of para-hydroxylation sites is 2. The number of ether oxygens (including phenoxy) is 1. The van der Waals surface area contributed by atoms with Crippen molar-refractivity contribution in [1.29, 1.82) is 0 Å². The van der Waals surface area contributed by atoms with Crippen molar-refractivity contribution >= 4 is 29.1 Å². The monoisotopic (exact) mass is 431 g/mol. The molecule has 1 aromatic heterocycles. The highest BCUT2D eigenvalue weighted by Crippen LogP contribution is 2.23. The first kappa shape index (κ1) is 21.2. The van der Waals surface area contributed by atoms with Crippen LogP contribution in [0, 0.1) is 0 Å². The fraction of sp³-hybridized carbons (Fsp3) is 0.208. The molecule has 8 heteroatoms. The van der Waals surface area contributed by atoms with Crippen LogP contribution in [0.3, 0.4) is 0 Å². The molecule has 1 atom stereocenters. The summed E-state index contributed by atoms with van der Waals surface area (Å²) >= 11 is 0. The van der Waals surface area contributed by atoms with Gasteiger partial charge in [-0.25, -0.2) is 4.79 Å². The van der Waals surface area contributed by atoms with Crippen LogP contribution < -0.4 is 21.3 Å². The number of carbonyl (C=O) groups excluding carboxylic acids is 2. The fourth-order valence-electron chi connectivity index (χ4n) is 3.55. The molecule has 1 aliphatic rings. The number of aromatic nitrogens is 1. The molecule has 1 fully saturated rings. The number of nitrogens with zero attached hydrogens (tertiary/aromatic N) is 2. The van der Waals surface area contributed by atoms with Crippen molar-refractivity contribution in [2.75, 3.05) is 29.0 Å². The van der Waals surface area contributed by atoms with Gasteiger partial charge in [-0.1, -0.05) is 18.2 Å². The zero-order valence-electron chi connectivity index (χ0n) is 17.5. The second-order valence-corrected chi connectivity index (χ2v) is 7.52. The number of amides is 2. The molecular weight excluding hydrogens is 406 g/mol. The lowest BCUT2D eigenvalue weighted by atomic mass is 10.1. The molecule has 2 amide bonds. The summed E-state index contributed by atoms with van der Waals surface area (Å²) in [6, 6.07) is 20.0. The predicted molar refractivity (Wildman–Crippen MR) is 123 cm³/mol. The van der Waals surface area contributed by atoms with Gasteiger partial charge < -0.3 is 26.0 Å². The van der Waals surface area contributed by atoms with E-state index in [1.807, 2.05) is 42.5 Å². The highest BCUT2D eigenvalue weighted by atomic mass is 16.6. The molecule has 2 heterocycles. The normalized spacial score (nSPS) is 15.2. The van der Waals surface area contributed by atoms with E-state index in [4.69, 9.17) is 10.5 Å². The molecule has 4 rings (SSSR count). The number of hydrogen-bond donors (Lipinski definition) is 3. The summed E-state index contributed by atoms with van der Waals surface area (Å²) in [5, 5.41) is 5.55. The Hall–Kier alpha value is -4.07. The van der Waals surface area contributed by atoms with Gasteiger partial charge in [-0.15, -0.1) is 0 Å². The number of anilines is 3. The minimum absolute atomic E-state index is 0.192. The van der Waals surface area contributed by atoms with E-state index in [2.05, 4.69) is 20.5 Å². The lowest BCUT2D eigenvalue weighted by molar-refractivity contribution is 0.102. The molecule has 0 radical (unpaired) electrons. The van der Waals surface area contributed by atoms with E-state index in [-0.39, 0.29) is 12.0 Å². The number of nitrogen functional groups attached to an aromatic ring is 1. The van der Waals surface area contributed by atoms with Gasteiger partial charge in [-0.05, 0) is 48.5 Å². The first-order valence-corrected chi connectivity index (χ1v) is 10.4. The maximum absolute atomic E-state index is 12.5. The zero-order valence-corrected chi connectivity index (χ0v) is 17.5. The number of nitrogens with two attached hydrogens (primary N) is 1. The molecule has 4 N–H and O–H groups in total. The number of carbonyl (C=O) groups is 2. The summed E-state index contributed by atoms with van der Waals surface area (Å²) in [5.41, 5.74) is 9.28. The average Bonchev–Trinajstić information content (AvgIpc) is 3.28. The van der Waals surface area contributed by atoms with Crippen LogP contribution >= 0.6 is 0 Å². The van der Waals surface area contributed by atoms with Gasteiger partial charge in [0.2, 0.25) is 0 Å². The van der Waals surface area contributed by atoms with Crippen molar-refractivity contribution in [3.05, 3.63) is 84.2 Å². The molecule has 1 saturated heterocycles. The average molecular weight is 431 g/mol. The summed E-state index contributed by atoms with van der Waals surface area (Å²) in [7, 11) is 0. The van der Waals surface area contributed by atoms with E-state index in [0.717, 1.165) is 24.3 Å². The van der Waals surface area contributed by atoms with Crippen LogP contribution in [0.2, 0.25) is 0 Å². The molecule has 8 nitrogen and oxygen atoms in total. The molecular formula is C24H25N5O3. The van der Waals surface area contributed by atoms with Crippen molar-refractivity contribution < 1.29 is 14.3 Å². The number of pyridine rings is 1. The van der Waals surface area contributed by atoms with Crippen LogP contribution in [-0.2, 0) is 11.3 Å². The first-order valence-electron chi connectivity index (χ1n) is 10.4. The SMILES string of the molecule is Nc1ccccc1NC(=O)c1ccc(N2CC[C@H](OC(=O)NCc3ccccn3)C2)cc1. The molecule has 2 aromatic carbocycles. The Bertz CT molecular complexity index is 1070. The maximum Gasteiger partial charge on any atom is 0.407 e. The Kier molecular flexibility index (Phi) is 6.50. The van der Waals surface area contributed by atoms with Crippen LogP contribution in [0.1, 0.15) is 22.5 Å². The number of hydrogen-bond acceptors (Lipinski definition) is 6. The van der Waals surface area contributed by atoms with Gasteiger partial charge in [0, 0.05) is 30.4 Å². The third-order valence-electron chi connectivity index (χ3n) is 5.26. The Morgan fingerprint density at radius 1 is 1.06 bits per heavy atom. The highest BCUT2D eigenvalue weighted by Gasteiger charge is 2.26. The van der Waals surface area contributed by atoms with Gasteiger partial charge in [0.05, 0.1) is 30.2 Å². The first-order chi connectivity index (χ1) is 15.6. The number of rotatable bonds is 6. The van der Waals surface area contributed by atoms with E-state index >= 15 is 0 Å². The number of benzene rings is 2. The van der Waals surface area contributed by atoms with Crippen LogP contribution in [0.4, 0.5) is 21.9 Å². The Morgan fingerprint density at radius 3 is 2.59 bits per heavy atom. The van der Waals surface area contributed by atoms with E-state index in [9.17, 15) is 9.59 Å². The quantitative estimate of drug-likeness (QED) is 0.516. The topological polar surface area (TPSA) is 110 Å². The lowest BCUT2D eigenvalue weighted by Crippen LogP contribution is -2.30. The van der Waals surface area contributed by atoms with Gasteiger partial charge in [0.25, 0.3) is 5.91 Å². The summed E-state index contributed by atoms with van der Waals surface area (Å²) in [6.45, 7) is 1.70. The van der Waals surface area contributed by atoms with Crippen molar-refractivity contribution in [3.63, 3.8) is 0 Å². The van der Waals surface area contributed by atoms with Crippen LogP contribution in [-0.4, -0.2) is 36.2 Å². The van der Waals surface area contributed by atoms with Crippen molar-refractivity contribution in [2.24, 2.45) is 0 Å². The number of nitrogens with one attached hydrogen (secondary N) is 2. The van der Waals surface area contributed by atoms with Crippen LogP contribution in [0.15, 0.2) is 72.9 Å². The molecule has 3 aromatic rings. The fourth-order valence-corrected chi connectivity index (χ4v) is 3.55. The maximum atomic E-state index is 12.5. The van der Waals surface area contributed by atoms with Gasteiger partial charge in [-0.2, -0.15) is 0 Å². The highest BCUT2D eigenvalue weighted by molar-refractivity contribution is 6.05. The van der Waals surface area contributed by atoms with Crippen molar-refractivity contribution in [2.45, 2.75) is 19.1 Å². The summed E-state index contributed by atoms with van der Waals surface area (Å²) in [4.78, 5) is 30.9. The van der Waals surface area contributed by atoms with Gasteiger partial charge >= 0.3 is 6.09 Å². The summed E-state index contributed by atoms with van der Waals surface area (Å²) in [6.07, 6.45) is 1.79. The third-order valence-corrected chi connectivity index (χ3v) is 5.26. The smallest absolute Gasteiger partial charge is 0.407 e. The predicted octanol–water partition coefficient (Wildman–Crippen LogP) is 3.42. The molecule has 164 valence electrons. The number of alkyl carbamates (subject to hydrolysis) is 1. The van der Waals surface area contributed by atoms with E-state index in [0.29, 0.717) is 30.0 Å². The minimum atomic E-state index is -0.449. The Labute approximate surface area is 186 Å². The van der Waals surface area contributed by atoms with Gasteiger partial charge in [0.1, 0.15) is 6.10 Å². The zero-order chi connectivity index (χ0) is 22.3. The summed E-state index contributed by atoms with van der Waals surface area (Å²) in [5.74, 6) is -0.221. The van der Waals surface area contributed by atoms with Crippen LogP contribution in [0.5, 0.6) is 0 Å². The van der Waals surface area contributed by atoms with E-state index < -0.39 is 6.09 Å². The third kappa shape index (κ3) is 5.34. The van der Waals surface area contributed by atoms with Gasteiger partial charge in [0.15, 0.2) is 0 Å². The molecule has 0 unspecified atom stereocenters. The lowest BCUT2D eigenvalue weighted by Gasteiger charge is -2.19. The second-order valence-electron chi connectivity index (χ2n) is 7.52. The molecule has 0 bridgehead atoms. The summed E-state index contributed by atoms with van der Waals surface area (Å²) < 4.78 is 5.53. The second kappa shape index (κ2) is 9.82. The largest absolute Gasteiger partial charge is 0.444 e. The molecule has 1 aliphatic heterocycles.